The maximum absolute atomic E-state index is 3.62. The fraction of sp³-hybridized carbons (Fsp3) is 0.750. The average molecular weight is 280 g/mol. The lowest BCUT2D eigenvalue weighted by molar-refractivity contribution is 0.0566. The molecule has 2 rings (SSSR count). The summed E-state index contributed by atoms with van der Waals surface area (Å²) in [6.07, 6.45) is 9.32. The highest BCUT2D eigenvalue weighted by molar-refractivity contribution is 7.09. The van der Waals surface area contributed by atoms with Crippen molar-refractivity contribution in [1.29, 1.82) is 0 Å². The van der Waals surface area contributed by atoms with Crippen LogP contribution in [0.2, 0.25) is 0 Å². The molecule has 0 bridgehead atoms. The monoisotopic (exact) mass is 280 g/mol. The number of nitrogens with one attached hydrogen (secondary N) is 1. The van der Waals surface area contributed by atoms with Crippen molar-refractivity contribution in [3.05, 3.63) is 22.4 Å². The molecule has 1 aromatic heterocycles. The first-order valence-corrected chi connectivity index (χ1v) is 8.44. The Morgan fingerprint density at radius 2 is 2.05 bits per heavy atom. The van der Waals surface area contributed by atoms with Gasteiger partial charge in [0.05, 0.1) is 0 Å². The summed E-state index contributed by atoms with van der Waals surface area (Å²) in [5.74, 6) is 0. The molecule has 19 heavy (non-hydrogen) atoms. The fourth-order valence-corrected chi connectivity index (χ4v) is 4.42. The molecule has 1 N–H and O–H groups in total. The number of aryl methyl sites for hydroxylation is 1. The first-order chi connectivity index (χ1) is 9.19. The summed E-state index contributed by atoms with van der Waals surface area (Å²) in [4.78, 5) is 4.01. The van der Waals surface area contributed by atoms with Crippen LogP contribution < -0.4 is 5.32 Å². The summed E-state index contributed by atoms with van der Waals surface area (Å²) in [5.41, 5.74) is 0.365. The summed E-state index contributed by atoms with van der Waals surface area (Å²) < 4.78 is 0. The van der Waals surface area contributed by atoms with E-state index >= 15 is 0 Å². The maximum Gasteiger partial charge on any atom is 0.0356 e. The molecular formula is C16H28N2S. The summed E-state index contributed by atoms with van der Waals surface area (Å²) >= 11 is 1.89. The number of hydrogen-bond acceptors (Lipinski definition) is 3. The van der Waals surface area contributed by atoms with E-state index in [1.54, 1.807) is 0 Å². The van der Waals surface area contributed by atoms with E-state index in [2.05, 4.69) is 48.9 Å². The van der Waals surface area contributed by atoms with Gasteiger partial charge in [-0.2, -0.15) is 0 Å². The van der Waals surface area contributed by atoms with Gasteiger partial charge in [0.1, 0.15) is 0 Å². The highest BCUT2D eigenvalue weighted by atomic mass is 32.1. The Bertz CT molecular complexity index is 353. The standard InChI is InChI=1S/C16H28N2S/c1-17-15(10-9-14-8-7-13-19-14)16(18(2)3)11-5-4-6-12-16/h7-8,13,15,17H,4-6,9-12H2,1-3H3. The second-order valence-corrected chi connectivity index (χ2v) is 7.05. The van der Waals surface area contributed by atoms with E-state index in [1.807, 2.05) is 11.3 Å². The van der Waals surface area contributed by atoms with Crippen molar-refractivity contribution in [2.45, 2.75) is 56.5 Å². The van der Waals surface area contributed by atoms with E-state index in [1.165, 1.54) is 49.8 Å². The third-order valence-corrected chi connectivity index (χ3v) is 5.80. The minimum Gasteiger partial charge on any atom is -0.315 e. The molecule has 1 atom stereocenters. The van der Waals surface area contributed by atoms with Crippen LogP contribution in [-0.2, 0) is 6.42 Å². The highest BCUT2D eigenvalue weighted by Crippen LogP contribution is 2.36. The smallest absolute Gasteiger partial charge is 0.0356 e. The van der Waals surface area contributed by atoms with Crippen molar-refractivity contribution < 1.29 is 0 Å². The zero-order chi connectivity index (χ0) is 13.7. The Morgan fingerprint density at radius 3 is 2.58 bits per heavy atom. The number of rotatable bonds is 6. The van der Waals surface area contributed by atoms with Gasteiger partial charge in [0.15, 0.2) is 0 Å². The van der Waals surface area contributed by atoms with E-state index in [9.17, 15) is 0 Å². The van der Waals surface area contributed by atoms with Crippen molar-refractivity contribution in [3.8, 4) is 0 Å². The molecule has 1 fully saturated rings. The van der Waals surface area contributed by atoms with Crippen LogP contribution in [0.4, 0.5) is 0 Å². The molecular weight excluding hydrogens is 252 g/mol. The van der Waals surface area contributed by atoms with Gasteiger partial charge in [0.2, 0.25) is 0 Å². The van der Waals surface area contributed by atoms with Gasteiger partial charge < -0.3 is 10.2 Å². The third kappa shape index (κ3) is 3.39. The van der Waals surface area contributed by atoms with Gasteiger partial charge in [-0.15, -0.1) is 11.3 Å². The molecule has 1 heterocycles. The normalized spacial score (nSPS) is 20.6. The Labute approximate surface area is 122 Å². The molecule has 1 saturated carbocycles. The molecule has 1 unspecified atom stereocenters. The van der Waals surface area contributed by atoms with Crippen LogP contribution in [0.1, 0.15) is 43.4 Å². The van der Waals surface area contributed by atoms with Gasteiger partial charge in [-0.05, 0) is 58.3 Å². The van der Waals surface area contributed by atoms with Crippen LogP contribution in [0.25, 0.3) is 0 Å². The Hall–Kier alpha value is -0.380. The first kappa shape index (κ1) is 15.0. The average Bonchev–Trinajstić information content (AvgIpc) is 2.93. The Kier molecular flexibility index (Phi) is 5.43. The van der Waals surface area contributed by atoms with Crippen LogP contribution in [0.3, 0.4) is 0 Å². The summed E-state index contributed by atoms with van der Waals surface area (Å²) in [5, 5.41) is 5.81. The molecule has 1 aliphatic carbocycles. The zero-order valence-electron chi connectivity index (χ0n) is 12.6. The van der Waals surface area contributed by atoms with Gasteiger partial charge in [-0.25, -0.2) is 0 Å². The summed E-state index contributed by atoms with van der Waals surface area (Å²) in [6.45, 7) is 0. The minimum absolute atomic E-state index is 0.365. The Balaban J connectivity index is 2.04. The van der Waals surface area contributed by atoms with E-state index in [0.717, 1.165) is 0 Å². The molecule has 1 aliphatic rings. The van der Waals surface area contributed by atoms with Gasteiger partial charge in [0.25, 0.3) is 0 Å². The van der Waals surface area contributed by atoms with Crippen molar-refractivity contribution in [1.82, 2.24) is 10.2 Å². The molecule has 2 nitrogen and oxygen atoms in total. The topological polar surface area (TPSA) is 15.3 Å². The highest BCUT2D eigenvalue weighted by Gasteiger charge is 2.40. The summed E-state index contributed by atoms with van der Waals surface area (Å²) in [7, 11) is 6.67. The lowest BCUT2D eigenvalue weighted by Gasteiger charge is -2.48. The van der Waals surface area contributed by atoms with Crippen LogP contribution in [-0.4, -0.2) is 37.6 Å². The number of thiophene rings is 1. The van der Waals surface area contributed by atoms with Gasteiger partial charge >= 0.3 is 0 Å². The van der Waals surface area contributed by atoms with E-state index < -0.39 is 0 Å². The molecule has 0 amide bonds. The van der Waals surface area contributed by atoms with Crippen molar-refractivity contribution in [2.75, 3.05) is 21.1 Å². The van der Waals surface area contributed by atoms with Crippen LogP contribution in [0.15, 0.2) is 17.5 Å². The molecule has 0 aliphatic heterocycles. The molecule has 108 valence electrons. The Morgan fingerprint density at radius 1 is 1.32 bits per heavy atom. The predicted molar refractivity (Wildman–Crippen MR) is 85.0 cm³/mol. The SMILES string of the molecule is CNC(CCc1cccs1)C1(N(C)C)CCCCC1. The molecule has 0 radical (unpaired) electrons. The lowest BCUT2D eigenvalue weighted by atomic mass is 9.74. The quantitative estimate of drug-likeness (QED) is 0.857. The minimum atomic E-state index is 0.365. The molecule has 1 aromatic rings. The van der Waals surface area contributed by atoms with Gasteiger partial charge in [0, 0.05) is 16.5 Å². The molecule has 3 heteroatoms. The lowest BCUT2D eigenvalue weighted by Crippen LogP contribution is -2.59. The van der Waals surface area contributed by atoms with Gasteiger partial charge in [-0.3, -0.25) is 0 Å². The van der Waals surface area contributed by atoms with Crippen molar-refractivity contribution in [3.63, 3.8) is 0 Å². The van der Waals surface area contributed by atoms with E-state index in [4.69, 9.17) is 0 Å². The molecule has 0 saturated heterocycles. The third-order valence-electron chi connectivity index (χ3n) is 4.87. The number of hydrogen-bond donors (Lipinski definition) is 1. The largest absolute Gasteiger partial charge is 0.315 e. The molecule has 0 spiro atoms. The predicted octanol–water partition coefficient (Wildman–Crippen LogP) is 3.53. The second-order valence-electron chi connectivity index (χ2n) is 6.02. The first-order valence-electron chi connectivity index (χ1n) is 7.56. The fourth-order valence-electron chi connectivity index (χ4n) is 3.69. The maximum atomic E-state index is 3.62. The number of nitrogens with zero attached hydrogens (tertiary/aromatic N) is 1. The van der Waals surface area contributed by atoms with Crippen LogP contribution in [0.5, 0.6) is 0 Å². The number of likely N-dealkylation sites (N-methyl/N-ethyl adjacent to an activating group) is 2. The van der Waals surface area contributed by atoms with Crippen LogP contribution >= 0.6 is 11.3 Å². The second kappa shape index (κ2) is 6.87. The van der Waals surface area contributed by atoms with Crippen molar-refractivity contribution in [2.24, 2.45) is 0 Å². The van der Waals surface area contributed by atoms with E-state index in [-0.39, 0.29) is 0 Å². The zero-order valence-corrected chi connectivity index (χ0v) is 13.4. The molecule has 0 aromatic carbocycles. The van der Waals surface area contributed by atoms with Crippen LogP contribution in [0, 0.1) is 0 Å². The summed E-state index contributed by atoms with van der Waals surface area (Å²) in [6, 6.07) is 5.03. The van der Waals surface area contributed by atoms with Gasteiger partial charge in [-0.1, -0.05) is 25.3 Å². The van der Waals surface area contributed by atoms with Crippen molar-refractivity contribution >= 4 is 11.3 Å². The van der Waals surface area contributed by atoms with E-state index in [0.29, 0.717) is 11.6 Å².